The summed E-state index contributed by atoms with van der Waals surface area (Å²) >= 11 is 0. The minimum absolute atomic E-state index is 0.00677. The van der Waals surface area contributed by atoms with Gasteiger partial charge in [0.15, 0.2) is 0 Å². The first kappa shape index (κ1) is 42.2. The molecule has 1 aromatic carbocycles. The average Bonchev–Trinajstić information content (AvgIpc) is 3.61. The summed E-state index contributed by atoms with van der Waals surface area (Å²) in [5.74, 6) is -0.950. The van der Waals surface area contributed by atoms with Gasteiger partial charge in [-0.05, 0) is 76.4 Å². The molecule has 0 unspecified atom stereocenters. The number of ether oxygens (including phenoxy) is 1. The van der Waals surface area contributed by atoms with Gasteiger partial charge in [-0.1, -0.05) is 116 Å². The van der Waals surface area contributed by atoms with Crippen LogP contribution >= 0.6 is 0 Å². The highest BCUT2D eigenvalue weighted by Crippen LogP contribution is 2.29. The lowest BCUT2D eigenvalue weighted by Gasteiger charge is -2.36. The molecule has 2 aliphatic rings. The number of rotatable bonds is 19. The van der Waals surface area contributed by atoms with E-state index >= 15 is 0 Å². The lowest BCUT2D eigenvalue weighted by molar-refractivity contribution is -0.158. The molecule has 9 heteroatoms. The SMILES string of the molecule is CCCCCCCCC[C@H](OC(=O)[C@@H]1CCCN1C(=O)C(C)=C[C@H](C(C)C)N(C)C(=O)[C@@H](NC(=O)[C@H]1CCCCN1C)C(C)C)c1ccccc1. The minimum atomic E-state index is -0.681. The Morgan fingerprint density at radius 1 is 0.882 bits per heavy atom. The van der Waals surface area contributed by atoms with Crippen LogP contribution in [-0.4, -0.2) is 89.7 Å². The number of piperidine rings is 1. The zero-order chi connectivity index (χ0) is 37.5. The van der Waals surface area contributed by atoms with E-state index < -0.39 is 12.1 Å². The second-order valence-corrected chi connectivity index (χ2v) is 15.7. The normalized spacial score (nSPS) is 20.3. The smallest absolute Gasteiger partial charge is 0.329 e. The van der Waals surface area contributed by atoms with Crippen molar-refractivity contribution in [3.05, 3.63) is 47.5 Å². The van der Waals surface area contributed by atoms with E-state index in [2.05, 4.69) is 17.1 Å². The van der Waals surface area contributed by atoms with E-state index in [1.807, 2.05) is 71.2 Å². The third-order valence-electron chi connectivity index (χ3n) is 10.8. The van der Waals surface area contributed by atoms with Crippen molar-refractivity contribution in [2.24, 2.45) is 11.8 Å². The van der Waals surface area contributed by atoms with E-state index in [0.717, 1.165) is 57.1 Å². The predicted molar refractivity (Wildman–Crippen MR) is 205 cm³/mol. The first-order chi connectivity index (χ1) is 24.4. The van der Waals surface area contributed by atoms with Gasteiger partial charge in [0.25, 0.3) is 0 Å². The number of likely N-dealkylation sites (N-methyl/N-ethyl adjacent to an activating group) is 2. The number of benzene rings is 1. The van der Waals surface area contributed by atoms with E-state index in [9.17, 15) is 19.2 Å². The first-order valence-electron chi connectivity index (χ1n) is 19.9. The number of esters is 1. The van der Waals surface area contributed by atoms with Crippen molar-refractivity contribution in [1.29, 1.82) is 0 Å². The van der Waals surface area contributed by atoms with E-state index in [1.165, 1.54) is 32.1 Å². The molecular weight excluding hydrogens is 640 g/mol. The van der Waals surface area contributed by atoms with Gasteiger partial charge in [-0.15, -0.1) is 0 Å². The third-order valence-corrected chi connectivity index (χ3v) is 10.8. The lowest BCUT2D eigenvalue weighted by atomic mass is 9.96. The van der Waals surface area contributed by atoms with Crippen LogP contribution < -0.4 is 5.32 Å². The number of hydrogen-bond acceptors (Lipinski definition) is 6. The van der Waals surface area contributed by atoms with Gasteiger partial charge >= 0.3 is 5.97 Å². The van der Waals surface area contributed by atoms with Gasteiger partial charge in [-0.3, -0.25) is 19.3 Å². The van der Waals surface area contributed by atoms with Gasteiger partial charge in [-0.25, -0.2) is 4.79 Å². The highest BCUT2D eigenvalue weighted by atomic mass is 16.5. The van der Waals surface area contributed by atoms with Crippen molar-refractivity contribution >= 4 is 23.7 Å². The molecule has 2 fully saturated rings. The van der Waals surface area contributed by atoms with Crippen LogP contribution in [-0.2, 0) is 23.9 Å². The van der Waals surface area contributed by atoms with Crippen LogP contribution in [0.1, 0.15) is 137 Å². The van der Waals surface area contributed by atoms with Crippen LogP contribution in [0.4, 0.5) is 0 Å². The standard InChI is InChI=1S/C42H68N4O5/c1-9-10-11-12-13-14-18-26-37(33-22-16-15-17-23-33)51-42(50)35-25-21-28-46(35)40(48)32(6)29-36(30(2)3)45(8)41(49)38(31(4)5)43-39(47)34-24-19-20-27-44(34)7/h15-17,22-23,29-31,34-38H,9-14,18-21,24-28H2,1-8H3,(H,43,47)/t34-,35+,36-,37+,38+/m1/s1. The third kappa shape index (κ3) is 12.5. The molecule has 51 heavy (non-hydrogen) atoms. The Labute approximate surface area is 308 Å². The summed E-state index contributed by atoms with van der Waals surface area (Å²) in [4.78, 5) is 60.3. The number of carbonyl (C=O) groups is 4. The number of nitrogens with one attached hydrogen (secondary N) is 1. The fourth-order valence-corrected chi connectivity index (χ4v) is 7.56. The van der Waals surface area contributed by atoms with E-state index in [1.54, 1.807) is 23.8 Å². The van der Waals surface area contributed by atoms with Gasteiger partial charge in [0.1, 0.15) is 18.2 Å². The molecule has 1 N–H and O–H groups in total. The zero-order valence-corrected chi connectivity index (χ0v) is 33.0. The predicted octanol–water partition coefficient (Wildman–Crippen LogP) is 7.46. The van der Waals surface area contributed by atoms with Crippen LogP contribution in [0, 0.1) is 11.8 Å². The summed E-state index contributed by atoms with van der Waals surface area (Å²) < 4.78 is 6.20. The Morgan fingerprint density at radius 2 is 1.53 bits per heavy atom. The van der Waals surface area contributed by atoms with Gasteiger partial charge < -0.3 is 19.9 Å². The molecule has 0 saturated carbocycles. The first-order valence-corrected chi connectivity index (χ1v) is 19.9. The Morgan fingerprint density at radius 3 is 2.16 bits per heavy atom. The fraction of sp³-hybridized carbons (Fsp3) is 0.714. The molecule has 5 atom stereocenters. The maximum Gasteiger partial charge on any atom is 0.329 e. The highest BCUT2D eigenvalue weighted by molar-refractivity contribution is 5.96. The van der Waals surface area contributed by atoms with Gasteiger partial charge in [0.2, 0.25) is 17.7 Å². The van der Waals surface area contributed by atoms with Crippen LogP contribution in [0.5, 0.6) is 0 Å². The molecule has 2 heterocycles. The molecule has 0 aliphatic carbocycles. The molecular formula is C42H68N4O5. The number of amides is 3. The molecule has 2 saturated heterocycles. The Bertz CT molecular complexity index is 1280. The minimum Gasteiger partial charge on any atom is -0.456 e. The summed E-state index contributed by atoms with van der Waals surface area (Å²) in [6.07, 6.45) is 14.7. The summed E-state index contributed by atoms with van der Waals surface area (Å²) in [6.45, 7) is 13.3. The largest absolute Gasteiger partial charge is 0.456 e. The molecule has 0 aromatic heterocycles. The molecule has 3 rings (SSSR count). The molecule has 2 aliphatic heterocycles. The van der Waals surface area contributed by atoms with Crippen molar-refractivity contribution in [1.82, 2.24) is 20.0 Å². The molecule has 0 spiro atoms. The van der Waals surface area contributed by atoms with Crippen LogP contribution in [0.2, 0.25) is 0 Å². The molecule has 286 valence electrons. The van der Waals surface area contributed by atoms with E-state index in [-0.39, 0.29) is 53.7 Å². The number of carbonyl (C=O) groups excluding carboxylic acids is 4. The van der Waals surface area contributed by atoms with Crippen LogP contribution in [0.15, 0.2) is 42.0 Å². The van der Waals surface area contributed by atoms with Crippen molar-refractivity contribution in [3.8, 4) is 0 Å². The fourth-order valence-electron chi connectivity index (χ4n) is 7.56. The monoisotopic (exact) mass is 709 g/mol. The van der Waals surface area contributed by atoms with Crippen LogP contribution in [0.25, 0.3) is 0 Å². The highest BCUT2D eigenvalue weighted by Gasteiger charge is 2.38. The number of unbranched alkanes of at least 4 members (excludes halogenated alkanes) is 6. The molecule has 0 bridgehead atoms. The van der Waals surface area contributed by atoms with Crippen LogP contribution in [0.3, 0.4) is 0 Å². The number of hydrogen-bond donors (Lipinski definition) is 1. The van der Waals surface area contributed by atoms with Gasteiger partial charge in [0.05, 0.1) is 12.1 Å². The summed E-state index contributed by atoms with van der Waals surface area (Å²) in [6, 6.07) is 8.00. The second-order valence-electron chi connectivity index (χ2n) is 15.7. The summed E-state index contributed by atoms with van der Waals surface area (Å²) in [5, 5.41) is 3.06. The topological polar surface area (TPSA) is 99.3 Å². The van der Waals surface area contributed by atoms with E-state index in [0.29, 0.717) is 18.5 Å². The molecule has 9 nitrogen and oxygen atoms in total. The Kier molecular flexibility index (Phi) is 17.7. The zero-order valence-electron chi connectivity index (χ0n) is 33.0. The number of nitrogens with zero attached hydrogens (tertiary/aromatic N) is 3. The molecule has 0 radical (unpaired) electrons. The average molecular weight is 709 g/mol. The maximum absolute atomic E-state index is 14.0. The second kappa shape index (κ2) is 21.4. The van der Waals surface area contributed by atoms with Crippen molar-refractivity contribution in [3.63, 3.8) is 0 Å². The summed E-state index contributed by atoms with van der Waals surface area (Å²) in [7, 11) is 3.71. The molecule has 3 amide bonds. The van der Waals surface area contributed by atoms with Gasteiger partial charge in [0, 0.05) is 19.2 Å². The Hall–Kier alpha value is -3.20. The van der Waals surface area contributed by atoms with Crippen molar-refractivity contribution in [2.75, 3.05) is 27.2 Å². The van der Waals surface area contributed by atoms with E-state index in [4.69, 9.17) is 4.74 Å². The maximum atomic E-state index is 14.0. The summed E-state index contributed by atoms with van der Waals surface area (Å²) in [5.41, 5.74) is 1.47. The lowest BCUT2D eigenvalue weighted by Crippen LogP contribution is -2.57. The van der Waals surface area contributed by atoms with Crippen molar-refractivity contribution < 1.29 is 23.9 Å². The molecule has 1 aromatic rings. The quantitative estimate of drug-likeness (QED) is 0.0911. The van der Waals surface area contributed by atoms with Gasteiger partial charge in [-0.2, -0.15) is 0 Å². The number of likely N-dealkylation sites (tertiary alicyclic amines) is 2. The van der Waals surface area contributed by atoms with Crippen molar-refractivity contribution in [2.45, 2.75) is 155 Å². The Balaban J connectivity index is 1.69.